The molecule has 1 aromatic heterocycles. The van der Waals surface area contributed by atoms with E-state index in [0.717, 1.165) is 66.0 Å². The highest BCUT2D eigenvalue weighted by Gasteiger charge is 2.29. The van der Waals surface area contributed by atoms with Crippen LogP contribution in [-0.2, 0) is 4.57 Å². The molecule has 266 valence electrons. The van der Waals surface area contributed by atoms with E-state index in [2.05, 4.69) is 97.1 Å². The lowest BCUT2D eigenvalue weighted by molar-refractivity contribution is 0.592. The van der Waals surface area contributed by atoms with Crippen molar-refractivity contribution in [3.05, 3.63) is 218 Å². The zero-order valence-corrected chi connectivity index (χ0v) is 31.4. The van der Waals surface area contributed by atoms with Gasteiger partial charge in [-0.1, -0.05) is 212 Å². The summed E-state index contributed by atoms with van der Waals surface area (Å²) in [4.78, 5) is 14.9. The minimum absolute atomic E-state index is 0.619. The van der Waals surface area contributed by atoms with Crippen LogP contribution in [0.2, 0.25) is 0 Å². The topological polar surface area (TPSA) is 55.7 Å². The van der Waals surface area contributed by atoms with Gasteiger partial charge in [-0.25, -0.2) is 15.0 Å². The maximum atomic E-state index is 14.8. The Bertz CT molecular complexity index is 2730. The SMILES string of the molecule is O=P(c1ccccc1)(c1ccccc1)c1ccc(-c2ccc(-c3ccc(-c4nc(-c5ccccc5)nc(-c5cccc(-c6ccccc6)c5)n4)cc3)cc2)cc1. The maximum Gasteiger partial charge on any atom is 0.171 e. The quantitative estimate of drug-likeness (QED) is 0.138. The summed E-state index contributed by atoms with van der Waals surface area (Å²) in [6.07, 6.45) is 0. The largest absolute Gasteiger partial charge is 0.309 e. The second-order valence-corrected chi connectivity index (χ2v) is 16.4. The number of hydrogen-bond donors (Lipinski definition) is 0. The molecule has 0 aliphatic carbocycles. The third-order valence-electron chi connectivity index (χ3n) is 10.1. The number of aromatic nitrogens is 3. The van der Waals surface area contributed by atoms with Crippen LogP contribution in [0.15, 0.2) is 218 Å². The van der Waals surface area contributed by atoms with Gasteiger partial charge >= 0.3 is 0 Å². The van der Waals surface area contributed by atoms with E-state index in [1.807, 2.05) is 121 Å². The van der Waals surface area contributed by atoms with Crippen molar-refractivity contribution in [3.63, 3.8) is 0 Å². The van der Waals surface area contributed by atoms with Crippen LogP contribution in [0.1, 0.15) is 0 Å². The van der Waals surface area contributed by atoms with Gasteiger partial charge in [-0.05, 0) is 39.4 Å². The molecule has 5 heteroatoms. The first-order chi connectivity index (χ1) is 27.6. The van der Waals surface area contributed by atoms with Gasteiger partial charge in [-0.15, -0.1) is 0 Å². The predicted octanol–water partition coefficient (Wildman–Crippen LogP) is 11.5. The lowest BCUT2D eigenvalue weighted by atomic mass is 9.99. The van der Waals surface area contributed by atoms with E-state index < -0.39 is 7.14 Å². The summed E-state index contributed by atoms with van der Waals surface area (Å²) in [7, 11) is -3.03. The minimum Gasteiger partial charge on any atom is -0.309 e. The number of benzene rings is 8. The molecule has 4 nitrogen and oxygen atoms in total. The first-order valence-corrected chi connectivity index (χ1v) is 20.3. The Hall–Kier alpha value is -7.00. The van der Waals surface area contributed by atoms with Crippen LogP contribution in [0.4, 0.5) is 0 Å². The molecular weight excluding hydrogens is 702 g/mol. The van der Waals surface area contributed by atoms with Crippen LogP contribution in [-0.4, -0.2) is 15.0 Å². The lowest BCUT2D eigenvalue weighted by Gasteiger charge is -2.20. The summed E-state index contributed by atoms with van der Waals surface area (Å²) in [5.41, 5.74) is 9.38. The fourth-order valence-electron chi connectivity index (χ4n) is 7.07. The first kappa shape index (κ1) is 34.7. The zero-order chi connectivity index (χ0) is 37.7. The van der Waals surface area contributed by atoms with E-state index in [4.69, 9.17) is 15.0 Å². The second-order valence-electron chi connectivity index (χ2n) is 13.6. The molecule has 56 heavy (non-hydrogen) atoms. The van der Waals surface area contributed by atoms with Gasteiger partial charge < -0.3 is 4.57 Å². The van der Waals surface area contributed by atoms with E-state index in [1.54, 1.807) is 0 Å². The average molecular weight is 738 g/mol. The third-order valence-corrected chi connectivity index (χ3v) is 13.1. The molecule has 0 unspecified atom stereocenters. The average Bonchev–Trinajstić information content (AvgIpc) is 3.30. The summed E-state index contributed by atoms with van der Waals surface area (Å²) in [5, 5.41) is 2.48. The van der Waals surface area contributed by atoms with Crippen LogP contribution in [0.5, 0.6) is 0 Å². The molecule has 0 fully saturated rings. The Balaban J connectivity index is 0.990. The van der Waals surface area contributed by atoms with E-state index in [0.29, 0.717) is 17.5 Å². The zero-order valence-electron chi connectivity index (χ0n) is 30.5. The van der Waals surface area contributed by atoms with Crippen molar-refractivity contribution >= 4 is 23.1 Å². The molecule has 0 spiro atoms. The highest BCUT2D eigenvalue weighted by atomic mass is 31.2. The molecule has 0 amide bonds. The summed E-state index contributed by atoms with van der Waals surface area (Å²) in [6, 6.07) is 73.4. The van der Waals surface area contributed by atoms with Gasteiger partial charge in [0.1, 0.15) is 0 Å². The first-order valence-electron chi connectivity index (χ1n) is 18.6. The Kier molecular flexibility index (Phi) is 9.55. The van der Waals surface area contributed by atoms with Gasteiger partial charge in [0, 0.05) is 32.6 Å². The van der Waals surface area contributed by atoms with Crippen molar-refractivity contribution in [2.24, 2.45) is 0 Å². The van der Waals surface area contributed by atoms with Gasteiger partial charge in [0.25, 0.3) is 0 Å². The summed E-state index contributed by atoms with van der Waals surface area (Å²) < 4.78 is 14.8. The van der Waals surface area contributed by atoms with Crippen LogP contribution >= 0.6 is 7.14 Å². The molecule has 0 saturated carbocycles. The van der Waals surface area contributed by atoms with E-state index in [9.17, 15) is 4.57 Å². The monoisotopic (exact) mass is 737 g/mol. The van der Waals surface area contributed by atoms with Crippen molar-refractivity contribution in [2.75, 3.05) is 0 Å². The molecule has 0 aliphatic rings. The maximum absolute atomic E-state index is 14.8. The van der Waals surface area contributed by atoms with Gasteiger partial charge in [0.2, 0.25) is 0 Å². The van der Waals surface area contributed by atoms with Gasteiger partial charge in [-0.3, -0.25) is 0 Å². The van der Waals surface area contributed by atoms with Crippen molar-refractivity contribution in [2.45, 2.75) is 0 Å². The van der Waals surface area contributed by atoms with Crippen molar-refractivity contribution in [1.82, 2.24) is 15.0 Å². The molecule has 0 bridgehead atoms. The molecule has 0 aliphatic heterocycles. The van der Waals surface area contributed by atoms with E-state index >= 15 is 0 Å². The molecule has 1 heterocycles. The fraction of sp³-hybridized carbons (Fsp3) is 0. The molecular formula is C51H36N3OP. The molecule has 8 aromatic carbocycles. The summed E-state index contributed by atoms with van der Waals surface area (Å²) in [5.74, 6) is 1.88. The Morgan fingerprint density at radius 1 is 0.250 bits per heavy atom. The van der Waals surface area contributed by atoms with Gasteiger partial charge in [0.05, 0.1) is 0 Å². The number of nitrogens with zero attached hydrogens (tertiary/aromatic N) is 3. The standard InChI is InChI=1S/C51H36N3OP/c55-56(46-20-9-3-10-21-46,47-22-11-4-12-23-47)48-34-32-41(33-35-48)39-26-24-38(25-27-39)40-28-30-43(31-29-40)50-52-49(42-16-7-2-8-17-42)53-51(54-50)45-19-13-18-44(36-45)37-14-5-1-6-15-37/h1-36H. The van der Waals surface area contributed by atoms with E-state index in [1.165, 1.54) is 0 Å². The molecule has 0 radical (unpaired) electrons. The highest BCUT2D eigenvalue weighted by molar-refractivity contribution is 7.85. The van der Waals surface area contributed by atoms with Gasteiger partial charge in [0.15, 0.2) is 24.6 Å². The van der Waals surface area contributed by atoms with Crippen LogP contribution < -0.4 is 15.9 Å². The third kappa shape index (κ3) is 7.02. The van der Waals surface area contributed by atoms with Crippen LogP contribution in [0.3, 0.4) is 0 Å². The van der Waals surface area contributed by atoms with E-state index in [-0.39, 0.29) is 0 Å². The molecule has 0 N–H and O–H groups in total. The van der Waals surface area contributed by atoms with Crippen molar-refractivity contribution in [3.8, 4) is 67.5 Å². The Morgan fingerprint density at radius 2 is 0.536 bits per heavy atom. The predicted molar refractivity (Wildman–Crippen MR) is 232 cm³/mol. The summed E-state index contributed by atoms with van der Waals surface area (Å²) >= 11 is 0. The smallest absolute Gasteiger partial charge is 0.171 e. The molecule has 0 atom stereocenters. The molecule has 9 rings (SSSR count). The normalized spacial score (nSPS) is 11.3. The van der Waals surface area contributed by atoms with Crippen molar-refractivity contribution in [1.29, 1.82) is 0 Å². The van der Waals surface area contributed by atoms with Crippen LogP contribution in [0.25, 0.3) is 67.5 Å². The molecule has 9 aromatic rings. The van der Waals surface area contributed by atoms with Crippen molar-refractivity contribution < 1.29 is 4.57 Å². The highest BCUT2D eigenvalue weighted by Crippen LogP contribution is 2.42. The minimum atomic E-state index is -3.03. The van der Waals surface area contributed by atoms with Crippen LogP contribution in [0, 0.1) is 0 Å². The summed E-state index contributed by atoms with van der Waals surface area (Å²) in [6.45, 7) is 0. The second kappa shape index (κ2) is 15.4. The lowest BCUT2D eigenvalue weighted by Crippen LogP contribution is -2.24. The number of rotatable bonds is 9. The Morgan fingerprint density at radius 3 is 1.00 bits per heavy atom. The fourth-order valence-corrected chi connectivity index (χ4v) is 9.72. The number of hydrogen-bond acceptors (Lipinski definition) is 4. The Labute approximate surface area is 327 Å². The molecule has 0 saturated heterocycles. The van der Waals surface area contributed by atoms with Gasteiger partial charge in [-0.2, -0.15) is 0 Å².